The van der Waals surface area contributed by atoms with Crippen LogP contribution in [0.2, 0.25) is 0 Å². The minimum atomic E-state index is -3.55. The minimum absolute atomic E-state index is 0.112. The number of ether oxygens (including phenoxy) is 2. The molecule has 2 heterocycles. The van der Waals surface area contributed by atoms with Crippen LogP contribution in [0.3, 0.4) is 0 Å². The highest BCUT2D eigenvalue weighted by Crippen LogP contribution is 2.31. The van der Waals surface area contributed by atoms with E-state index in [1.165, 1.54) is 12.1 Å². The number of carbonyl (C=O) groups excluding carboxylic acids is 1. The van der Waals surface area contributed by atoms with E-state index >= 15 is 0 Å². The van der Waals surface area contributed by atoms with Crippen LogP contribution in [0.5, 0.6) is 11.5 Å². The van der Waals surface area contributed by atoms with Gasteiger partial charge in [-0.25, -0.2) is 8.42 Å². The van der Waals surface area contributed by atoms with Gasteiger partial charge in [-0.2, -0.15) is 4.31 Å². The number of fused-ring (bicyclic) bond motifs is 1. The van der Waals surface area contributed by atoms with Crippen molar-refractivity contribution in [2.45, 2.75) is 31.3 Å². The number of anilines is 1. The maximum atomic E-state index is 13.0. The molecule has 0 saturated carbocycles. The molecule has 7 nitrogen and oxygen atoms in total. The molecule has 0 bridgehead atoms. The summed E-state index contributed by atoms with van der Waals surface area (Å²) in [4.78, 5) is 12.8. The molecule has 2 aliphatic rings. The summed E-state index contributed by atoms with van der Waals surface area (Å²) in [6.45, 7) is 5.33. The number of benzene rings is 2. The predicted octanol–water partition coefficient (Wildman–Crippen LogP) is 3.13. The lowest BCUT2D eigenvalue weighted by Crippen LogP contribution is -2.42. The van der Waals surface area contributed by atoms with Gasteiger partial charge in [-0.15, -0.1) is 0 Å². The molecule has 1 saturated heterocycles. The Morgan fingerprint density at radius 2 is 1.63 bits per heavy atom. The summed E-state index contributed by atoms with van der Waals surface area (Å²) in [7, 11) is -3.55. The fraction of sp³-hybridized carbons (Fsp3) is 0.409. The topological polar surface area (TPSA) is 84.9 Å². The highest BCUT2D eigenvalue weighted by molar-refractivity contribution is 7.89. The standard InChI is InChI=1S/C22H26N2O5S/c1-15-11-16(2)13-24(12-15)30(26,27)18-9-7-17(8-10-18)23-22(25)21-14-28-19-5-3-4-6-20(19)29-21/h3-10,15-16,21H,11-14H2,1-2H3,(H,23,25). The summed E-state index contributed by atoms with van der Waals surface area (Å²) >= 11 is 0. The van der Waals surface area contributed by atoms with E-state index in [1.54, 1.807) is 28.6 Å². The van der Waals surface area contributed by atoms with Crippen LogP contribution in [0.25, 0.3) is 0 Å². The van der Waals surface area contributed by atoms with Gasteiger partial charge >= 0.3 is 0 Å². The lowest BCUT2D eigenvalue weighted by atomic mass is 9.94. The van der Waals surface area contributed by atoms with E-state index in [-0.39, 0.29) is 17.4 Å². The van der Waals surface area contributed by atoms with E-state index in [0.29, 0.717) is 42.1 Å². The first-order valence-corrected chi connectivity index (χ1v) is 11.6. The average molecular weight is 431 g/mol. The first-order chi connectivity index (χ1) is 14.3. The molecule has 0 aliphatic carbocycles. The summed E-state index contributed by atoms with van der Waals surface area (Å²) < 4.78 is 38.8. The number of hydrogen-bond acceptors (Lipinski definition) is 5. The van der Waals surface area contributed by atoms with Gasteiger partial charge in [0.1, 0.15) is 6.61 Å². The second kappa shape index (κ2) is 8.28. The monoisotopic (exact) mass is 430 g/mol. The van der Waals surface area contributed by atoms with Crippen LogP contribution >= 0.6 is 0 Å². The molecule has 2 aromatic rings. The van der Waals surface area contributed by atoms with Crippen molar-refractivity contribution in [3.63, 3.8) is 0 Å². The van der Waals surface area contributed by atoms with E-state index in [9.17, 15) is 13.2 Å². The molecule has 0 aromatic heterocycles. The molecule has 3 unspecified atom stereocenters. The Morgan fingerprint density at radius 1 is 1.00 bits per heavy atom. The third kappa shape index (κ3) is 4.29. The van der Waals surface area contributed by atoms with Crippen LogP contribution in [-0.4, -0.2) is 44.4 Å². The Hall–Kier alpha value is -2.58. The van der Waals surface area contributed by atoms with E-state index in [1.807, 2.05) is 12.1 Å². The molecule has 4 rings (SSSR count). The Kier molecular flexibility index (Phi) is 5.71. The van der Waals surface area contributed by atoms with Crippen molar-refractivity contribution in [1.29, 1.82) is 0 Å². The van der Waals surface area contributed by atoms with E-state index in [4.69, 9.17) is 9.47 Å². The number of piperidine rings is 1. The van der Waals surface area contributed by atoms with Gasteiger partial charge < -0.3 is 14.8 Å². The zero-order valence-corrected chi connectivity index (χ0v) is 17.9. The van der Waals surface area contributed by atoms with E-state index in [0.717, 1.165) is 6.42 Å². The summed E-state index contributed by atoms with van der Waals surface area (Å²) in [6, 6.07) is 13.4. The molecule has 2 aliphatic heterocycles. The van der Waals surface area contributed by atoms with E-state index < -0.39 is 16.1 Å². The van der Waals surface area contributed by atoms with Crippen LogP contribution in [0, 0.1) is 11.8 Å². The lowest BCUT2D eigenvalue weighted by molar-refractivity contribution is -0.125. The Morgan fingerprint density at radius 3 is 2.30 bits per heavy atom. The fourth-order valence-electron chi connectivity index (χ4n) is 4.03. The third-order valence-electron chi connectivity index (χ3n) is 5.40. The number of nitrogens with one attached hydrogen (secondary N) is 1. The minimum Gasteiger partial charge on any atom is -0.485 e. The molecular weight excluding hydrogens is 404 g/mol. The number of hydrogen-bond donors (Lipinski definition) is 1. The fourth-order valence-corrected chi connectivity index (χ4v) is 5.71. The SMILES string of the molecule is CC1CC(C)CN(S(=O)(=O)c2ccc(NC(=O)C3COc4ccccc4O3)cc2)C1. The summed E-state index contributed by atoms with van der Waals surface area (Å²) in [5, 5.41) is 2.76. The Balaban J connectivity index is 1.42. The molecular formula is C22H26N2O5S. The van der Waals surface area contributed by atoms with Crippen molar-refractivity contribution in [3.8, 4) is 11.5 Å². The normalized spacial score (nSPS) is 24.3. The van der Waals surface area contributed by atoms with Gasteiger partial charge in [0, 0.05) is 18.8 Å². The molecule has 1 N–H and O–H groups in total. The molecule has 3 atom stereocenters. The lowest BCUT2D eigenvalue weighted by Gasteiger charge is -2.34. The van der Waals surface area contributed by atoms with Crippen molar-refractivity contribution in [2.75, 3.05) is 25.0 Å². The smallest absolute Gasteiger partial charge is 0.269 e. The molecule has 2 aromatic carbocycles. The molecule has 160 valence electrons. The van der Waals surface area contributed by atoms with Crippen molar-refractivity contribution in [2.24, 2.45) is 11.8 Å². The maximum Gasteiger partial charge on any atom is 0.269 e. The van der Waals surface area contributed by atoms with Crippen LogP contribution in [0.15, 0.2) is 53.4 Å². The number of rotatable bonds is 4. The van der Waals surface area contributed by atoms with Crippen molar-refractivity contribution in [1.82, 2.24) is 4.31 Å². The van der Waals surface area contributed by atoms with Gasteiger partial charge in [0.15, 0.2) is 11.5 Å². The quantitative estimate of drug-likeness (QED) is 0.806. The molecule has 1 fully saturated rings. The number of amides is 1. The predicted molar refractivity (Wildman–Crippen MR) is 113 cm³/mol. The molecule has 0 radical (unpaired) electrons. The number of sulfonamides is 1. The van der Waals surface area contributed by atoms with Crippen LogP contribution in [0.4, 0.5) is 5.69 Å². The van der Waals surface area contributed by atoms with Crippen molar-refractivity contribution >= 4 is 21.6 Å². The zero-order chi connectivity index (χ0) is 21.3. The highest BCUT2D eigenvalue weighted by atomic mass is 32.2. The molecule has 30 heavy (non-hydrogen) atoms. The van der Waals surface area contributed by atoms with Gasteiger partial charge in [0.25, 0.3) is 5.91 Å². The highest BCUT2D eigenvalue weighted by Gasteiger charge is 2.32. The first kappa shape index (κ1) is 20.7. The van der Waals surface area contributed by atoms with Crippen molar-refractivity contribution in [3.05, 3.63) is 48.5 Å². The second-order valence-electron chi connectivity index (χ2n) is 8.15. The summed E-state index contributed by atoms with van der Waals surface area (Å²) in [6.07, 6.45) is 0.258. The zero-order valence-electron chi connectivity index (χ0n) is 17.1. The van der Waals surface area contributed by atoms with Gasteiger partial charge in [0.05, 0.1) is 4.90 Å². The summed E-state index contributed by atoms with van der Waals surface area (Å²) in [5.41, 5.74) is 0.502. The second-order valence-corrected chi connectivity index (χ2v) is 10.1. The van der Waals surface area contributed by atoms with E-state index in [2.05, 4.69) is 19.2 Å². The number of para-hydroxylation sites is 2. The number of nitrogens with zero attached hydrogens (tertiary/aromatic N) is 1. The van der Waals surface area contributed by atoms with Gasteiger partial charge in [-0.3, -0.25) is 4.79 Å². The van der Waals surface area contributed by atoms with Gasteiger partial charge in [0.2, 0.25) is 16.1 Å². The van der Waals surface area contributed by atoms with Crippen molar-refractivity contribution < 1.29 is 22.7 Å². The first-order valence-electron chi connectivity index (χ1n) is 10.1. The largest absolute Gasteiger partial charge is 0.485 e. The van der Waals surface area contributed by atoms with Crippen LogP contribution in [0.1, 0.15) is 20.3 Å². The van der Waals surface area contributed by atoms with Gasteiger partial charge in [-0.1, -0.05) is 26.0 Å². The van der Waals surface area contributed by atoms with Gasteiger partial charge in [-0.05, 0) is 54.7 Å². The van der Waals surface area contributed by atoms with Crippen LogP contribution in [-0.2, 0) is 14.8 Å². The Bertz CT molecular complexity index is 1010. The Labute approximate surface area is 177 Å². The molecule has 8 heteroatoms. The van der Waals surface area contributed by atoms with Crippen LogP contribution < -0.4 is 14.8 Å². The molecule has 0 spiro atoms. The average Bonchev–Trinajstić information content (AvgIpc) is 2.73. The third-order valence-corrected chi connectivity index (χ3v) is 7.24. The molecule has 1 amide bonds. The maximum absolute atomic E-state index is 13.0. The number of carbonyl (C=O) groups is 1. The summed E-state index contributed by atoms with van der Waals surface area (Å²) in [5.74, 6) is 1.46.